The van der Waals surface area contributed by atoms with Crippen LogP contribution in [0.25, 0.3) is 0 Å². The molecule has 0 amide bonds. The number of nitrogens with one attached hydrogen (secondary N) is 3. The Labute approximate surface area is 72.4 Å². The summed E-state index contributed by atoms with van der Waals surface area (Å²) in [6.45, 7) is 6.55. The van der Waals surface area contributed by atoms with Crippen molar-refractivity contribution in [3.63, 3.8) is 0 Å². The van der Waals surface area contributed by atoms with Crippen LogP contribution in [0.3, 0.4) is 0 Å². The Morgan fingerprint density at radius 3 is 3.33 bits per heavy atom. The maximum Gasteiger partial charge on any atom is 0.141 e. The molecule has 0 fully saturated rings. The standard InChI is InChI=1S/C8H14N4/c1-3-9-5-7-6-11-12-8(7)10-4-2/h4-6,8-10,12H,2-3H2,1H3/b7-5+. The van der Waals surface area contributed by atoms with E-state index in [1.807, 2.05) is 13.1 Å². The fourth-order valence-corrected chi connectivity index (χ4v) is 0.927. The van der Waals surface area contributed by atoms with Crippen LogP contribution in [0.1, 0.15) is 6.92 Å². The van der Waals surface area contributed by atoms with Crippen molar-refractivity contribution in [2.45, 2.75) is 13.1 Å². The van der Waals surface area contributed by atoms with E-state index in [9.17, 15) is 0 Å². The smallest absolute Gasteiger partial charge is 0.141 e. The lowest BCUT2D eigenvalue weighted by atomic mass is 10.2. The van der Waals surface area contributed by atoms with Gasteiger partial charge in [0.25, 0.3) is 0 Å². The highest BCUT2D eigenvalue weighted by Crippen LogP contribution is 2.00. The van der Waals surface area contributed by atoms with Gasteiger partial charge in [0.1, 0.15) is 6.17 Å². The Bertz CT molecular complexity index is 207. The van der Waals surface area contributed by atoms with E-state index in [2.05, 4.69) is 27.7 Å². The first-order valence-electron chi connectivity index (χ1n) is 3.97. The van der Waals surface area contributed by atoms with E-state index in [1.165, 1.54) is 0 Å². The van der Waals surface area contributed by atoms with E-state index < -0.39 is 0 Å². The van der Waals surface area contributed by atoms with Gasteiger partial charge in [-0.15, -0.1) is 0 Å². The van der Waals surface area contributed by atoms with Crippen LogP contribution in [0, 0.1) is 0 Å². The van der Waals surface area contributed by atoms with Gasteiger partial charge in [-0.3, -0.25) is 5.43 Å². The molecular weight excluding hydrogens is 152 g/mol. The Hall–Kier alpha value is -1.45. The van der Waals surface area contributed by atoms with Crippen molar-refractivity contribution in [1.82, 2.24) is 16.1 Å². The molecule has 0 spiro atoms. The lowest BCUT2D eigenvalue weighted by molar-refractivity contribution is 0.585. The van der Waals surface area contributed by atoms with Gasteiger partial charge in [0.05, 0.1) is 6.21 Å². The van der Waals surface area contributed by atoms with Crippen LogP contribution in [-0.4, -0.2) is 18.9 Å². The number of hydrogen-bond acceptors (Lipinski definition) is 4. The molecule has 0 aromatic heterocycles. The van der Waals surface area contributed by atoms with E-state index in [4.69, 9.17) is 0 Å². The van der Waals surface area contributed by atoms with Crippen LogP contribution in [-0.2, 0) is 0 Å². The van der Waals surface area contributed by atoms with E-state index in [-0.39, 0.29) is 6.17 Å². The molecule has 1 rings (SSSR count). The van der Waals surface area contributed by atoms with Crippen molar-refractivity contribution < 1.29 is 0 Å². The number of rotatable bonds is 4. The number of hydrazone groups is 1. The first-order valence-corrected chi connectivity index (χ1v) is 3.97. The van der Waals surface area contributed by atoms with Crippen LogP contribution in [0.15, 0.2) is 29.7 Å². The van der Waals surface area contributed by atoms with Gasteiger partial charge >= 0.3 is 0 Å². The number of hydrogen-bond donors (Lipinski definition) is 3. The highest BCUT2D eigenvalue weighted by molar-refractivity contribution is 5.81. The minimum Gasteiger partial charge on any atom is -0.391 e. The molecule has 3 N–H and O–H groups in total. The molecule has 1 atom stereocenters. The van der Waals surface area contributed by atoms with Crippen molar-refractivity contribution in [3.8, 4) is 0 Å². The molecule has 0 saturated carbocycles. The molecule has 0 aromatic carbocycles. The Balaban J connectivity index is 2.49. The molecule has 12 heavy (non-hydrogen) atoms. The van der Waals surface area contributed by atoms with E-state index in [1.54, 1.807) is 12.4 Å². The van der Waals surface area contributed by atoms with E-state index >= 15 is 0 Å². The van der Waals surface area contributed by atoms with Crippen LogP contribution in [0.4, 0.5) is 0 Å². The third-order valence-corrected chi connectivity index (χ3v) is 1.51. The summed E-state index contributed by atoms with van der Waals surface area (Å²) in [5, 5.41) is 10.1. The molecule has 1 unspecified atom stereocenters. The molecule has 1 aliphatic heterocycles. The minimum atomic E-state index is 0.0570. The van der Waals surface area contributed by atoms with E-state index in [0.717, 1.165) is 12.1 Å². The fourth-order valence-electron chi connectivity index (χ4n) is 0.927. The highest BCUT2D eigenvalue weighted by Gasteiger charge is 2.13. The van der Waals surface area contributed by atoms with Crippen LogP contribution in [0.5, 0.6) is 0 Å². The summed E-state index contributed by atoms with van der Waals surface area (Å²) in [7, 11) is 0. The number of nitrogens with zero attached hydrogens (tertiary/aromatic N) is 1. The van der Waals surface area contributed by atoms with Crippen LogP contribution >= 0.6 is 0 Å². The zero-order valence-electron chi connectivity index (χ0n) is 7.17. The Morgan fingerprint density at radius 2 is 2.67 bits per heavy atom. The lowest BCUT2D eigenvalue weighted by Gasteiger charge is -2.11. The zero-order valence-corrected chi connectivity index (χ0v) is 7.17. The van der Waals surface area contributed by atoms with Gasteiger partial charge in [0.2, 0.25) is 0 Å². The first kappa shape index (κ1) is 8.64. The second-order valence-corrected chi connectivity index (χ2v) is 2.39. The summed E-state index contributed by atoms with van der Waals surface area (Å²) in [6.07, 6.45) is 5.42. The van der Waals surface area contributed by atoms with Crippen molar-refractivity contribution in [2.24, 2.45) is 5.10 Å². The molecular formula is C8H14N4. The fraction of sp³-hybridized carbons (Fsp3) is 0.375. The van der Waals surface area contributed by atoms with Gasteiger partial charge in [-0.05, 0) is 13.1 Å². The predicted molar refractivity (Wildman–Crippen MR) is 50.5 cm³/mol. The van der Waals surface area contributed by atoms with Gasteiger partial charge in [0.15, 0.2) is 0 Å². The summed E-state index contributed by atoms with van der Waals surface area (Å²) in [6, 6.07) is 0. The molecule has 66 valence electrons. The summed E-state index contributed by atoms with van der Waals surface area (Å²) in [5.41, 5.74) is 3.98. The van der Waals surface area contributed by atoms with Crippen LogP contribution < -0.4 is 16.1 Å². The minimum absolute atomic E-state index is 0.0570. The van der Waals surface area contributed by atoms with Crippen LogP contribution in [0.2, 0.25) is 0 Å². The topological polar surface area (TPSA) is 48.5 Å². The van der Waals surface area contributed by atoms with Crippen molar-refractivity contribution in [1.29, 1.82) is 0 Å². The van der Waals surface area contributed by atoms with Crippen molar-refractivity contribution in [2.75, 3.05) is 6.54 Å². The second kappa shape index (κ2) is 4.43. The third kappa shape index (κ3) is 2.02. The van der Waals surface area contributed by atoms with Gasteiger partial charge in [-0.25, -0.2) is 0 Å². The van der Waals surface area contributed by atoms with Crippen molar-refractivity contribution in [3.05, 3.63) is 24.6 Å². The maximum atomic E-state index is 3.92. The second-order valence-electron chi connectivity index (χ2n) is 2.39. The SMILES string of the molecule is C=CNC1NN=C/C1=C\NCC. The molecule has 1 aliphatic rings. The van der Waals surface area contributed by atoms with Crippen molar-refractivity contribution >= 4 is 6.21 Å². The van der Waals surface area contributed by atoms with Gasteiger partial charge in [0, 0.05) is 18.3 Å². The molecule has 4 heteroatoms. The largest absolute Gasteiger partial charge is 0.391 e. The zero-order chi connectivity index (χ0) is 8.81. The normalized spacial score (nSPS) is 23.8. The Kier molecular flexibility index (Phi) is 3.19. The molecule has 4 nitrogen and oxygen atoms in total. The quantitative estimate of drug-likeness (QED) is 0.556. The average Bonchev–Trinajstić information content (AvgIpc) is 2.50. The molecule has 1 heterocycles. The molecule has 0 radical (unpaired) electrons. The highest BCUT2D eigenvalue weighted by atomic mass is 15.4. The molecule has 0 aromatic rings. The molecule has 0 saturated heterocycles. The summed E-state index contributed by atoms with van der Waals surface area (Å²) in [5.74, 6) is 0. The van der Waals surface area contributed by atoms with E-state index in [0.29, 0.717) is 0 Å². The molecule has 0 bridgehead atoms. The average molecular weight is 166 g/mol. The predicted octanol–water partition coefficient (Wildman–Crippen LogP) is 0.128. The summed E-state index contributed by atoms with van der Waals surface area (Å²) in [4.78, 5) is 0. The Morgan fingerprint density at radius 1 is 1.83 bits per heavy atom. The van der Waals surface area contributed by atoms with Gasteiger partial charge in [-0.1, -0.05) is 6.58 Å². The molecule has 0 aliphatic carbocycles. The third-order valence-electron chi connectivity index (χ3n) is 1.51. The van der Waals surface area contributed by atoms with Gasteiger partial charge < -0.3 is 10.6 Å². The monoisotopic (exact) mass is 166 g/mol. The first-order chi connectivity index (χ1) is 5.88. The van der Waals surface area contributed by atoms with Gasteiger partial charge in [-0.2, -0.15) is 5.10 Å². The lowest BCUT2D eigenvalue weighted by Crippen LogP contribution is -2.34. The summed E-state index contributed by atoms with van der Waals surface area (Å²) < 4.78 is 0. The summed E-state index contributed by atoms with van der Waals surface area (Å²) >= 11 is 0. The maximum absolute atomic E-state index is 3.92.